The fraction of sp³-hybridized carbons (Fsp3) is 0.235. The standard InChI is InChI=1S/C17H19NO2S/c1-12-4-9-16(10-13(12)2)21-11-17(19)18-14-5-7-15(20-3)8-6-14/h4-10H,11H2,1-3H3,(H,18,19). The summed E-state index contributed by atoms with van der Waals surface area (Å²) in [5, 5.41) is 2.87. The quantitative estimate of drug-likeness (QED) is 0.847. The number of thioether (sulfide) groups is 1. The minimum atomic E-state index is -0.0107. The van der Waals surface area contributed by atoms with Gasteiger partial charge in [-0.2, -0.15) is 0 Å². The van der Waals surface area contributed by atoms with E-state index >= 15 is 0 Å². The molecule has 2 aromatic rings. The lowest BCUT2D eigenvalue weighted by atomic mass is 10.1. The SMILES string of the molecule is COc1ccc(NC(=O)CSc2ccc(C)c(C)c2)cc1. The van der Waals surface area contributed by atoms with Gasteiger partial charge in [0.2, 0.25) is 5.91 Å². The Morgan fingerprint density at radius 1 is 1.10 bits per heavy atom. The molecule has 0 aliphatic rings. The van der Waals surface area contributed by atoms with Crippen molar-refractivity contribution in [2.45, 2.75) is 18.7 Å². The summed E-state index contributed by atoms with van der Waals surface area (Å²) in [6.07, 6.45) is 0. The molecular formula is C17H19NO2S. The molecule has 0 spiro atoms. The molecule has 0 saturated heterocycles. The maximum Gasteiger partial charge on any atom is 0.234 e. The van der Waals surface area contributed by atoms with Gasteiger partial charge in [0.15, 0.2) is 0 Å². The summed E-state index contributed by atoms with van der Waals surface area (Å²) in [4.78, 5) is 13.0. The Kier molecular flexibility index (Phi) is 5.28. The predicted molar refractivity (Wildman–Crippen MR) is 88.3 cm³/mol. The zero-order chi connectivity index (χ0) is 15.2. The molecule has 0 unspecified atom stereocenters. The number of rotatable bonds is 5. The van der Waals surface area contributed by atoms with Gasteiger partial charge in [-0.1, -0.05) is 6.07 Å². The highest BCUT2D eigenvalue weighted by atomic mass is 32.2. The van der Waals surface area contributed by atoms with Crippen LogP contribution in [-0.2, 0) is 4.79 Å². The molecule has 0 radical (unpaired) electrons. The van der Waals surface area contributed by atoms with E-state index in [1.807, 2.05) is 30.3 Å². The summed E-state index contributed by atoms with van der Waals surface area (Å²) in [7, 11) is 1.62. The summed E-state index contributed by atoms with van der Waals surface area (Å²) < 4.78 is 5.08. The zero-order valence-corrected chi connectivity index (χ0v) is 13.3. The summed E-state index contributed by atoms with van der Waals surface area (Å²) >= 11 is 1.54. The van der Waals surface area contributed by atoms with E-state index in [1.54, 1.807) is 18.9 Å². The van der Waals surface area contributed by atoms with Crippen LogP contribution in [0.5, 0.6) is 5.75 Å². The van der Waals surface area contributed by atoms with Crippen molar-refractivity contribution in [1.29, 1.82) is 0 Å². The van der Waals surface area contributed by atoms with Crippen LogP contribution in [0.4, 0.5) is 5.69 Å². The predicted octanol–water partition coefficient (Wildman–Crippen LogP) is 4.04. The molecule has 0 fully saturated rings. The molecule has 0 aromatic heterocycles. The molecule has 0 saturated carbocycles. The molecule has 0 bridgehead atoms. The Morgan fingerprint density at radius 2 is 1.81 bits per heavy atom. The number of hydrogen-bond donors (Lipinski definition) is 1. The Morgan fingerprint density at radius 3 is 2.43 bits per heavy atom. The first-order chi connectivity index (χ1) is 10.1. The highest BCUT2D eigenvalue weighted by Crippen LogP contribution is 2.21. The summed E-state index contributed by atoms with van der Waals surface area (Å²) in [6.45, 7) is 4.16. The van der Waals surface area contributed by atoms with Gasteiger partial charge < -0.3 is 10.1 Å². The number of carbonyl (C=O) groups is 1. The number of anilines is 1. The van der Waals surface area contributed by atoms with Gasteiger partial charge in [-0.05, 0) is 61.4 Å². The van der Waals surface area contributed by atoms with Gasteiger partial charge in [0.1, 0.15) is 5.75 Å². The van der Waals surface area contributed by atoms with Gasteiger partial charge in [0.25, 0.3) is 0 Å². The number of carbonyl (C=O) groups excluding carboxylic acids is 1. The van der Waals surface area contributed by atoms with Crippen LogP contribution in [0.3, 0.4) is 0 Å². The van der Waals surface area contributed by atoms with E-state index in [-0.39, 0.29) is 5.91 Å². The van der Waals surface area contributed by atoms with E-state index in [1.165, 1.54) is 11.1 Å². The number of nitrogens with one attached hydrogen (secondary N) is 1. The second-order valence-electron chi connectivity index (χ2n) is 4.81. The van der Waals surface area contributed by atoms with Crippen LogP contribution in [0.15, 0.2) is 47.4 Å². The molecule has 2 rings (SSSR count). The maximum atomic E-state index is 11.9. The van der Waals surface area contributed by atoms with Gasteiger partial charge in [0.05, 0.1) is 12.9 Å². The monoisotopic (exact) mass is 301 g/mol. The Balaban J connectivity index is 1.87. The summed E-state index contributed by atoms with van der Waals surface area (Å²) in [6, 6.07) is 13.6. The zero-order valence-electron chi connectivity index (χ0n) is 12.5. The van der Waals surface area contributed by atoms with E-state index in [0.29, 0.717) is 5.75 Å². The van der Waals surface area contributed by atoms with Gasteiger partial charge >= 0.3 is 0 Å². The van der Waals surface area contributed by atoms with Crippen molar-refractivity contribution in [2.24, 2.45) is 0 Å². The Labute approximate surface area is 129 Å². The fourth-order valence-electron chi connectivity index (χ4n) is 1.82. The average Bonchev–Trinajstić information content (AvgIpc) is 2.49. The van der Waals surface area contributed by atoms with Crippen LogP contribution in [0.1, 0.15) is 11.1 Å². The van der Waals surface area contributed by atoms with Crippen molar-refractivity contribution < 1.29 is 9.53 Å². The van der Waals surface area contributed by atoms with Gasteiger partial charge in [-0.25, -0.2) is 0 Å². The molecule has 1 amide bonds. The smallest absolute Gasteiger partial charge is 0.234 e. The second-order valence-corrected chi connectivity index (χ2v) is 5.86. The van der Waals surface area contributed by atoms with Gasteiger partial charge in [-0.15, -0.1) is 11.8 Å². The second kappa shape index (κ2) is 7.18. The largest absolute Gasteiger partial charge is 0.497 e. The van der Waals surface area contributed by atoms with Crippen molar-refractivity contribution in [3.05, 3.63) is 53.6 Å². The molecule has 21 heavy (non-hydrogen) atoms. The highest BCUT2D eigenvalue weighted by Gasteiger charge is 2.05. The van der Waals surface area contributed by atoms with E-state index in [9.17, 15) is 4.79 Å². The summed E-state index contributed by atoms with van der Waals surface area (Å²) in [5.74, 6) is 1.16. The lowest BCUT2D eigenvalue weighted by Crippen LogP contribution is -2.13. The number of hydrogen-bond acceptors (Lipinski definition) is 3. The van der Waals surface area contributed by atoms with Crippen molar-refractivity contribution in [3.8, 4) is 5.75 Å². The van der Waals surface area contributed by atoms with Crippen LogP contribution in [-0.4, -0.2) is 18.8 Å². The lowest BCUT2D eigenvalue weighted by Gasteiger charge is -2.07. The van der Waals surface area contributed by atoms with Crippen LogP contribution in [0.25, 0.3) is 0 Å². The van der Waals surface area contributed by atoms with Crippen molar-refractivity contribution in [2.75, 3.05) is 18.2 Å². The molecule has 0 aliphatic carbocycles. The number of aryl methyl sites for hydroxylation is 2. The molecule has 4 heteroatoms. The van der Waals surface area contributed by atoms with E-state index in [4.69, 9.17) is 4.74 Å². The Hall–Kier alpha value is -1.94. The van der Waals surface area contributed by atoms with Crippen molar-refractivity contribution in [3.63, 3.8) is 0 Å². The molecule has 0 aliphatic heterocycles. The van der Waals surface area contributed by atoms with E-state index < -0.39 is 0 Å². The minimum Gasteiger partial charge on any atom is -0.497 e. The summed E-state index contributed by atoms with van der Waals surface area (Å²) in [5.41, 5.74) is 3.29. The molecule has 3 nitrogen and oxygen atoms in total. The van der Waals surface area contributed by atoms with Crippen molar-refractivity contribution >= 4 is 23.4 Å². The third-order valence-electron chi connectivity index (χ3n) is 3.22. The minimum absolute atomic E-state index is 0.0107. The molecule has 1 N–H and O–H groups in total. The number of benzene rings is 2. The van der Waals surface area contributed by atoms with Crippen LogP contribution >= 0.6 is 11.8 Å². The van der Waals surface area contributed by atoms with E-state index in [2.05, 4.69) is 31.3 Å². The van der Waals surface area contributed by atoms with Crippen LogP contribution in [0, 0.1) is 13.8 Å². The molecule has 2 aromatic carbocycles. The van der Waals surface area contributed by atoms with Crippen LogP contribution < -0.4 is 10.1 Å². The van der Waals surface area contributed by atoms with Gasteiger partial charge in [-0.3, -0.25) is 4.79 Å². The van der Waals surface area contributed by atoms with E-state index in [0.717, 1.165) is 16.3 Å². The first-order valence-corrected chi connectivity index (χ1v) is 7.71. The third kappa shape index (κ3) is 4.53. The molecular weight excluding hydrogens is 282 g/mol. The number of methoxy groups -OCH3 is 1. The topological polar surface area (TPSA) is 38.3 Å². The lowest BCUT2D eigenvalue weighted by molar-refractivity contribution is -0.113. The van der Waals surface area contributed by atoms with Crippen molar-refractivity contribution in [1.82, 2.24) is 0 Å². The molecule has 0 heterocycles. The van der Waals surface area contributed by atoms with Gasteiger partial charge in [0, 0.05) is 10.6 Å². The number of amides is 1. The maximum absolute atomic E-state index is 11.9. The van der Waals surface area contributed by atoms with Crippen LogP contribution in [0.2, 0.25) is 0 Å². The fourth-order valence-corrected chi connectivity index (χ4v) is 2.62. The Bertz CT molecular complexity index is 623. The third-order valence-corrected chi connectivity index (χ3v) is 4.22. The number of ether oxygens (including phenoxy) is 1. The first-order valence-electron chi connectivity index (χ1n) is 6.72. The molecule has 110 valence electrons. The highest BCUT2D eigenvalue weighted by molar-refractivity contribution is 8.00. The first kappa shape index (κ1) is 15.4. The molecule has 0 atom stereocenters. The normalized spacial score (nSPS) is 10.2. The average molecular weight is 301 g/mol.